The molecule has 0 aliphatic carbocycles. The monoisotopic (exact) mass is 303 g/mol. The number of piperidine rings is 1. The molecule has 5 heteroatoms. The molecule has 1 N–H and O–H groups in total. The van der Waals surface area contributed by atoms with Crippen molar-refractivity contribution < 1.29 is 9.59 Å². The van der Waals surface area contributed by atoms with Gasteiger partial charge in [-0.3, -0.25) is 9.59 Å². The van der Waals surface area contributed by atoms with Crippen molar-refractivity contribution in [3.05, 3.63) is 23.9 Å². The molecule has 1 aliphatic heterocycles. The summed E-state index contributed by atoms with van der Waals surface area (Å²) in [4.78, 5) is 30.3. The fourth-order valence-corrected chi connectivity index (χ4v) is 2.53. The fourth-order valence-electron chi connectivity index (χ4n) is 2.53. The second-order valence-corrected chi connectivity index (χ2v) is 6.57. The average molecular weight is 303 g/mol. The van der Waals surface area contributed by atoms with Crippen LogP contribution in [0.25, 0.3) is 0 Å². The molecule has 2 atom stereocenters. The van der Waals surface area contributed by atoms with Crippen LogP contribution in [0.5, 0.6) is 0 Å². The zero-order chi connectivity index (χ0) is 16.3. The van der Waals surface area contributed by atoms with E-state index in [-0.39, 0.29) is 17.7 Å². The Morgan fingerprint density at radius 3 is 2.68 bits per heavy atom. The summed E-state index contributed by atoms with van der Waals surface area (Å²) in [6, 6.07) is 3.36. The number of likely N-dealkylation sites (tertiary alicyclic amines) is 1. The minimum atomic E-state index is -0.120. The molecule has 2 amide bonds. The van der Waals surface area contributed by atoms with Gasteiger partial charge in [-0.1, -0.05) is 27.7 Å². The Kier molecular flexibility index (Phi) is 5.16. The minimum absolute atomic E-state index is 0.0150. The molecule has 0 bridgehead atoms. The van der Waals surface area contributed by atoms with Gasteiger partial charge in [-0.15, -0.1) is 0 Å². The third-order valence-electron chi connectivity index (χ3n) is 4.40. The number of aromatic nitrogens is 1. The fraction of sp³-hybridized carbons (Fsp3) is 0.588. The molecule has 22 heavy (non-hydrogen) atoms. The summed E-state index contributed by atoms with van der Waals surface area (Å²) in [5.41, 5.74) is 0.579. The van der Waals surface area contributed by atoms with Crippen LogP contribution < -0.4 is 5.32 Å². The lowest BCUT2D eigenvalue weighted by atomic mass is 9.88. The van der Waals surface area contributed by atoms with E-state index in [4.69, 9.17) is 0 Å². The highest BCUT2D eigenvalue weighted by Gasteiger charge is 2.26. The first-order chi connectivity index (χ1) is 10.4. The Balaban J connectivity index is 2.09. The molecule has 1 fully saturated rings. The van der Waals surface area contributed by atoms with Crippen LogP contribution in [0.15, 0.2) is 18.3 Å². The number of amides is 2. The zero-order valence-corrected chi connectivity index (χ0v) is 13.8. The van der Waals surface area contributed by atoms with E-state index >= 15 is 0 Å². The van der Waals surface area contributed by atoms with Crippen LogP contribution in [-0.4, -0.2) is 34.8 Å². The Morgan fingerprint density at radius 2 is 2.05 bits per heavy atom. The van der Waals surface area contributed by atoms with Gasteiger partial charge in [0.25, 0.3) is 5.91 Å². The van der Waals surface area contributed by atoms with Crippen LogP contribution in [0.3, 0.4) is 0 Å². The second-order valence-electron chi connectivity index (χ2n) is 6.57. The van der Waals surface area contributed by atoms with Crippen molar-refractivity contribution in [1.82, 2.24) is 9.88 Å². The van der Waals surface area contributed by atoms with Gasteiger partial charge in [-0.05, 0) is 30.4 Å². The van der Waals surface area contributed by atoms with Gasteiger partial charge in [-0.2, -0.15) is 0 Å². The van der Waals surface area contributed by atoms with E-state index in [0.29, 0.717) is 23.2 Å². The molecular formula is C17H25N3O2. The van der Waals surface area contributed by atoms with Gasteiger partial charge in [0.15, 0.2) is 0 Å². The molecule has 0 aromatic carbocycles. The predicted octanol–water partition coefficient (Wildman–Crippen LogP) is 2.79. The summed E-state index contributed by atoms with van der Waals surface area (Å²) in [5, 5.41) is 2.73. The average Bonchev–Trinajstić information content (AvgIpc) is 2.49. The Bertz CT molecular complexity index is 557. The number of hydrogen-bond acceptors (Lipinski definition) is 3. The number of anilines is 1. The Morgan fingerprint density at radius 1 is 1.32 bits per heavy atom. The summed E-state index contributed by atoms with van der Waals surface area (Å²) in [6.45, 7) is 9.64. The molecule has 1 saturated heterocycles. The van der Waals surface area contributed by atoms with E-state index in [2.05, 4.69) is 24.1 Å². The predicted molar refractivity (Wildman–Crippen MR) is 86.6 cm³/mol. The molecule has 0 radical (unpaired) electrons. The van der Waals surface area contributed by atoms with Crippen molar-refractivity contribution in [2.75, 3.05) is 18.4 Å². The largest absolute Gasteiger partial charge is 0.338 e. The van der Waals surface area contributed by atoms with Gasteiger partial charge < -0.3 is 10.2 Å². The number of nitrogens with zero attached hydrogens (tertiary/aromatic N) is 2. The maximum absolute atomic E-state index is 12.6. The van der Waals surface area contributed by atoms with Gasteiger partial charge in [0.1, 0.15) is 5.82 Å². The molecule has 0 spiro atoms. The Labute approximate surface area is 132 Å². The van der Waals surface area contributed by atoms with Crippen LogP contribution in [0, 0.1) is 17.8 Å². The molecule has 5 nitrogen and oxygen atoms in total. The van der Waals surface area contributed by atoms with Crippen LogP contribution in [-0.2, 0) is 4.79 Å². The highest BCUT2D eigenvalue weighted by molar-refractivity contribution is 5.96. The van der Waals surface area contributed by atoms with Crippen molar-refractivity contribution in [2.24, 2.45) is 17.8 Å². The van der Waals surface area contributed by atoms with Gasteiger partial charge in [-0.25, -0.2) is 4.98 Å². The first-order valence-electron chi connectivity index (χ1n) is 7.94. The third-order valence-corrected chi connectivity index (χ3v) is 4.40. The van der Waals surface area contributed by atoms with Gasteiger partial charge in [0.05, 0.1) is 0 Å². The molecule has 0 saturated carbocycles. The molecule has 120 valence electrons. The van der Waals surface area contributed by atoms with Gasteiger partial charge in [0, 0.05) is 30.8 Å². The van der Waals surface area contributed by atoms with Crippen molar-refractivity contribution in [3.8, 4) is 0 Å². The first kappa shape index (κ1) is 16.5. The maximum atomic E-state index is 12.6. The third kappa shape index (κ3) is 3.84. The standard InChI is InChI=1S/C17H25N3O2/c1-11(2)16(21)19-15-9-14(5-7-18-15)17(22)20-8-6-12(3)13(4)10-20/h5,7,9,11-13H,6,8,10H2,1-4H3,(H,18,19,21). The molecule has 2 unspecified atom stereocenters. The van der Waals surface area contributed by atoms with E-state index in [0.717, 1.165) is 19.5 Å². The summed E-state index contributed by atoms with van der Waals surface area (Å²) in [6.07, 6.45) is 2.61. The number of carbonyl (C=O) groups excluding carboxylic acids is 2. The van der Waals surface area contributed by atoms with Gasteiger partial charge >= 0.3 is 0 Å². The molecule has 2 heterocycles. The quantitative estimate of drug-likeness (QED) is 0.934. The van der Waals surface area contributed by atoms with Crippen LogP contribution in [0.2, 0.25) is 0 Å². The number of carbonyl (C=O) groups is 2. The van der Waals surface area contributed by atoms with Crippen molar-refractivity contribution in [2.45, 2.75) is 34.1 Å². The summed E-state index contributed by atoms with van der Waals surface area (Å²) < 4.78 is 0. The highest BCUT2D eigenvalue weighted by Crippen LogP contribution is 2.24. The lowest BCUT2D eigenvalue weighted by Crippen LogP contribution is -2.42. The molecule has 1 aliphatic rings. The first-order valence-corrected chi connectivity index (χ1v) is 7.94. The number of pyridine rings is 1. The molecular weight excluding hydrogens is 278 g/mol. The van der Waals surface area contributed by atoms with Crippen LogP contribution >= 0.6 is 0 Å². The van der Waals surface area contributed by atoms with Crippen LogP contribution in [0.1, 0.15) is 44.5 Å². The lowest BCUT2D eigenvalue weighted by molar-refractivity contribution is -0.118. The van der Waals surface area contributed by atoms with Crippen molar-refractivity contribution in [1.29, 1.82) is 0 Å². The zero-order valence-electron chi connectivity index (χ0n) is 13.8. The van der Waals surface area contributed by atoms with Gasteiger partial charge in [0.2, 0.25) is 5.91 Å². The lowest BCUT2D eigenvalue weighted by Gasteiger charge is -2.35. The summed E-state index contributed by atoms with van der Waals surface area (Å²) in [7, 11) is 0. The Hall–Kier alpha value is -1.91. The van der Waals surface area contributed by atoms with Crippen molar-refractivity contribution in [3.63, 3.8) is 0 Å². The van der Waals surface area contributed by atoms with E-state index in [1.165, 1.54) is 0 Å². The van der Waals surface area contributed by atoms with Crippen LogP contribution in [0.4, 0.5) is 5.82 Å². The van der Waals surface area contributed by atoms with E-state index in [1.807, 2.05) is 18.7 Å². The highest BCUT2D eigenvalue weighted by atomic mass is 16.2. The number of rotatable bonds is 3. The second kappa shape index (κ2) is 6.90. The molecule has 1 aromatic heterocycles. The molecule has 2 rings (SSSR count). The van der Waals surface area contributed by atoms with E-state index in [1.54, 1.807) is 18.3 Å². The minimum Gasteiger partial charge on any atom is -0.338 e. The smallest absolute Gasteiger partial charge is 0.254 e. The summed E-state index contributed by atoms with van der Waals surface area (Å²) >= 11 is 0. The number of hydrogen-bond donors (Lipinski definition) is 1. The SMILES string of the molecule is CC(C)C(=O)Nc1cc(C(=O)N2CCC(C)C(C)C2)ccn1. The topological polar surface area (TPSA) is 62.3 Å². The van der Waals surface area contributed by atoms with E-state index in [9.17, 15) is 9.59 Å². The summed E-state index contributed by atoms with van der Waals surface area (Å²) in [5.74, 6) is 1.40. The normalized spacial score (nSPS) is 21.8. The number of nitrogens with one attached hydrogen (secondary N) is 1. The van der Waals surface area contributed by atoms with Crippen molar-refractivity contribution >= 4 is 17.6 Å². The van der Waals surface area contributed by atoms with E-state index < -0.39 is 0 Å². The molecule has 1 aromatic rings. The maximum Gasteiger partial charge on any atom is 0.254 e.